The van der Waals surface area contributed by atoms with Gasteiger partial charge in [-0.25, -0.2) is 9.07 Å². The third kappa shape index (κ3) is 1.66. The van der Waals surface area contributed by atoms with Crippen molar-refractivity contribution in [2.75, 3.05) is 0 Å². The van der Waals surface area contributed by atoms with Crippen molar-refractivity contribution in [1.82, 2.24) is 14.8 Å². The molecular formula is C12H7ClFN3. The Balaban J connectivity index is 2.24. The van der Waals surface area contributed by atoms with E-state index in [-0.39, 0.29) is 5.02 Å². The van der Waals surface area contributed by atoms with E-state index in [0.717, 1.165) is 11.0 Å². The van der Waals surface area contributed by atoms with Gasteiger partial charge in [-0.2, -0.15) is 5.10 Å². The Kier molecular flexibility index (Phi) is 2.30. The zero-order valence-corrected chi connectivity index (χ0v) is 9.39. The van der Waals surface area contributed by atoms with Crippen molar-refractivity contribution in [3.63, 3.8) is 0 Å². The summed E-state index contributed by atoms with van der Waals surface area (Å²) >= 11 is 5.75. The second kappa shape index (κ2) is 3.82. The molecule has 0 fully saturated rings. The Morgan fingerprint density at radius 2 is 2.12 bits per heavy atom. The molecule has 0 amide bonds. The topological polar surface area (TPSA) is 30.7 Å². The molecular weight excluding hydrogens is 241 g/mol. The molecule has 0 aliphatic carbocycles. The molecule has 3 rings (SSSR count). The van der Waals surface area contributed by atoms with Crippen LogP contribution in [0.4, 0.5) is 4.39 Å². The number of benzene rings is 1. The van der Waals surface area contributed by atoms with Crippen molar-refractivity contribution in [2.24, 2.45) is 0 Å². The number of fused-ring (bicyclic) bond motifs is 1. The highest BCUT2D eigenvalue weighted by molar-refractivity contribution is 6.30. The van der Waals surface area contributed by atoms with Crippen LogP contribution in [0.15, 0.2) is 42.7 Å². The smallest absolute Gasteiger partial charge is 0.141 e. The zero-order valence-electron chi connectivity index (χ0n) is 8.64. The molecule has 3 aromatic rings. The van der Waals surface area contributed by atoms with Crippen molar-refractivity contribution in [1.29, 1.82) is 0 Å². The van der Waals surface area contributed by atoms with Crippen molar-refractivity contribution < 1.29 is 4.39 Å². The largest absolute Gasteiger partial charge is 0.253 e. The lowest BCUT2D eigenvalue weighted by Gasteiger charge is -2.04. The summed E-state index contributed by atoms with van der Waals surface area (Å²) in [5.74, 6) is -0.440. The molecule has 2 heterocycles. The van der Waals surface area contributed by atoms with Gasteiger partial charge in [0.15, 0.2) is 0 Å². The summed E-state index contributed by atoms with van der Waals surface area (Å²) in [5, 5.41) is 4.29. The SMILES string of the molecule is Fc1ccc(-n2ncc3ncccc32)cc1Cl. The van der Waals surface area contributed by atoms with Gasteiger partial charge >= 0.3 is 0 Å². The second-order valence-corrected chi connectivity index (χ2v) is 3.97. The molecule has 0 spiro atoms. The predicted octanol–water partition coefficient (Wildman–Crippen LogP) is 3.21. The van der Waals surface area contributed by atoms with Gasteiger partial charge in [-0.05, 0) is 30.3 Å². The summed E-state index contributed by atoms with van der Waals surface area (Å²) in [6.45, 7) is 0. The van der Waals surface area contributed by atoms with Gasteiger partial charge in [-0.1, -0.05) is 11.6 Å². The van der Waals surface area contributed by atoms with Crippen LogP contribution in [0.3, 0.4) is 0 Å². The van der Waals surface area contributed by atoms with Crippen LogP contribution in [-0.2, 0) is 0 Å². The average Bonchev–Trinajstić information content (AvgIpc) is 2.76. The lowest BCUT2D eigenvalue weighted by Crippen LogP contribution is -1.96. The lowest BCUT2D eigenvalue weighted by atomic mass is 10.3. The number of nitrogens with zero attached hydrogens (tertiary/aromatic N) is 3. The Hall–Kier alpha value is -1.94. The first kappa shape index (κ1) is 10.2. The fourth-order valence-electron chi connectivity index (χ4n) is 1.68. The minimum atomic E-state index is -0.440. The van der Waals surface area contributed by atoms with Gasteiger partial charge in [0, 0.05) is 6.20 Å². The summed E-state index contributed by atoms with van der Waals surface area (Å²) in [4.78, 5) is 4.18. The van der Waals surface area contributed by atoms with E-state index in [9.17, 15) is 4.39 Å². The van der Waals surface area contributed by atoms with Gasteiger partial charge in [0.2, 0.25) is 0 Å². The van der Waals surface area contributed by atoms with Crippen LogP contribution in [0, 0.1) is 5.82 Å². The molecule has 0 unspecified atom stereocenters. The molecule has 0 aliphatic heterocycles. The van der Waals surface area contributed by atoms with Gasteiger partial charge in [0.25, 0.3) is 0 Å². The number of aromatic nitrogens is 3. The van der Waals surface area contributed by atoms with E-state index in [1.807, 2.05) is 12.1 Å². The maximum absolute atomic E-state index is 13.1. The Morgan fingerprint density at radius 3 is 2.94 bits per heavy atom. The first-order chi connectivity index (χ1) is 8.25. The number of pyridine rings is 1. The van der Waals surface area contributed by atoms with E-state index >= 15 is 0 Å². The Morgan fingerprint density at radius 1 is 1.24 bits per heavy atom. The van der Waals surface area contributed by atoms with Crippen LogP contribution in [0.5, 0.6) is 0 Å². The lowest BCUT2D eigenvalue weighted by molar-refractivity contribution is 0.627. The fourth-order valence-corrected chi connectivity index (χ4v) is 1.86. The monoisotopic (exact) mass is 247 g/mol. The molecule has 3 nitrogen and oxygen atoms in total. The minimum absolute atomic E-state index is 0.0787. The Bertz CT molecular complexity index is 693. The van der Waals surface area contributed by atoms with Gasteiger partial charge in [-0.3, -0.25) is 4.98 Å². The van der Waals surface area contributed by atoms with Crippen molar-refractivity contribution >= 4 is 22.6 Å². The summed E-state index contributed by atoms with van der Waals surface area (Å²) in [6, 6.07) is 8.21. The summed E-state index contributed by atoms with van der Waals surface area (Å²) in [5.41, 5.74) is 2.35. The second-order valence-electron chi connectivity index (χ2n) is 3.56. The van der Waals surface area contributed by atoms with Crippen molar-refractivity contribution in [2.45, 2.75) is 0 Å². The summed E-state index contributed by atoms with van der Waals surface area (Å²) in [7, 11) is 0. The van der Waals surface area contributed by atoms with Crippen LogP contribution < -0.4 is 0 Å². The molecule has 0 atom stereocenters. The molecule has 84 valence electrons. The van der Waals surface area contributed by atoms with Crippen molar-refractivity contribution in [3.05, 3.63) is 53.6 Å². The molecule has 0 saturated heterocycles. The molecule has 2 aromatic heterocycles. The first-order valence-corrected chi connectivity index (χ1v) is 5.38. The third-order valence-corrected chi connectivity index (χ3v) is 2.78. The molecule has 0 bridgehead atoms. The van der Waals surface area contributed by atoms with E-state index in [0.29, 0.717) is 5.69 Å². The highest BCUT2D eigenvalue weighted by Gasteiger charge is 2.07. The van der Waals surface area contributed by atoms with Crippen LogP contribution in [0.25, 0.3) is 16.7 Å². The molecule has 0 radical (unpaired) electrons. The van der Waals surface area contributed by atoms with Crippen LogP contribution in [-0.4, -0.2) is 14.8 Å². The highest BCUT2D eigenvalue weighted by atomic mass is 35.5. The number of hydrogen-bond donors (Lipinski definition) is 0. The van der Waals surface area contributed by atoms with Gasteiger partial charge in [0.1, 0.15) is 11.3 Å². The molecule has 5 heteroatoms. The van der Waals surface area contributed by atoms with Crippen LogP contribution in [0.1, 0.15) is 0 Å². The standard InChI is InChI=1S/C12H7ClFN3/c13-9-6-8(3-4-10(9)14)17-12-2-1-5-15-11(12)7-16-17/h1-7H. The van der Waals surface area contributed by atoms with Gasteiger partial charge in [-0.15, -0.1) is 0 Å². The molecule has 0 aliphatic rings. The van der Waals surface area contributed by atoms with E-state index in [1.54, 1.807) is 23.1 Å². The predicted molar refractivity (Wildman–Crippen MR) is 63.8 cm³/mol. The van der Waals surface area contributed by atoms with E-state index in [2.05, 4.69) is 10.1 Å². The quantitative estimate of drug-likeness (QED) is 0.661. The third-order valence-electron chi connectivity index (χ3n) is 2.49. The maximum atomic E-state index is 13.1. The van der Waals surface area contributed by atoms with Crippen LogP contribution >= 0.6 is 11.6 Å². The molecule has 0 N–H and O–H groups in total. The zero-order chi connectivity index (χ0) is 11.8. The maximum Gasteiger partial charge on any atom is 0.141 e. The minimum Gasteiger partial charge on any atom is -0.253 e. The van der Waals surface area contributed by atoms with Crippen molar-refractivity contribution in [3.8, 4) is 5.69 Å². The first-order valence-electron chi connectivity index (χ1n) is 5.00. The summed E-state index contributed by atoms with van der Waals surface area (Å²) in [6.07, 6.45) is 3.36. The highest BCUT2D eigenvalue weighted by Crippen LogP contribution is 2.21. The molecule has 1 aromatic carbocycles. The molecule has 17 heavy (non-hydrogen) atoms. The average molecular weight is 248 g/mol. The number of hydrogen-bond acceptors (Lipinski definition) is 2. The van der Waals surface area contributed by atoms with E-state index < -0.39 is 5.82 Å². The fraction of sp³-hybridized carbons (Fsp3) is 0. The Labute approximate surface area is 101 Å². The van der Waals surface area contributed by atoms with E-state index in [1.165, 1.54) is 12.1 Å². The van der Waals surface area contributed by atoms with Gasteiger partial charge in [0.05, 0.1) is 22.4 Å². The molecule has 0 saturated carbocycles. The van der Waals surface area contributed by atoms with Gasteiger partial charge < -0.3 is 0 Å². The number of halogens is 2. The summed E-state index contributed by atoms with van der Waals surface area (Å²) < 4.78 is 14.8. The number of rotatable bonds is 1. The normalized spacial score (nSPS) is 10.9. The van der Waals surface area contributed by atoms with E-state index in [4.69, 9.17) is 11.6 Å². The van der Waals surface area contributed by atoms with Crippen LogP contribution in [0.2, 0.25) is 5.02 Å².